The average Bonchev–Trinajstić information content (AvgIpc) is 2.30. The van der Waals surface area contributed by atoms with Crippen molar-refractivity contribution in [3.63, 3.8) is 0 Å². The van der Waals surface area contributed by atoms with E-state index < -0.39 is 17.1 Å². The number of esters is 1. The fourth-order valence-electron chi connectivity index (χ4n) is 1.77. The van der Waals surface area contributed by atoms with Gasteiger partial charge in [-0.25, -0.2) is 0 Å². The number of aromatic hydroxyl groups is 1. The first-order chi connectivity index (χ1) is 8.36. The number of ether oxygens (including phenoxy) is 1. The van der Waals surface area contributed by atoms with Crippen LogP contribution in [0.2, 0.25) is 0 Å². The van der Waals surface area contributed by atoms with Crippen LogP contribution in [0, 0.1) is 12.8 Å². The Balaban J connectivity index is 3.21. The lowest BCUT2D eigenvalue weighted by molar-refractivity contribution is -0.141. The Hall–Kier alpha value is -1.78. The number of carbonyl (C=O) groups excluding carboxylic acids is 1. The van der Waals surface area contributed by atoms with Gasteiger partial charge in [-0.05, 0) is 12.8 Å². The first-order valence-corrected chi connectivity index (χ1v) is 5.77. The highest BCUT2D eigenvalue weighted by Gasteiger charge is 2.26. The van der Waals surface area contributed by atoms with Gasteiger partial charge in [-0.2, -0.15) is 0 Å². The minimum Gasteiger partial charge on any atom is -0.502 e. The van der Waals surface area contributed by atoms with E-state index in [-0.39, 0.29) is 24.0 Å². The van der Waals surface area contributed by atoms with E-state index in [1.54, 1.807) is 6.92 Å². The summed E-state index contributed by atoms with van der Waals surface area (Å²) in [7, 11) is 1.30. The molecule has 5 nitrogen and oxygen atoms in total. The Morgan fingerprint density at radius 1 is 1.50 bits per heavy atom. The maximum absolute atomic E-state index is 11.5. The molecule has 0 aliphatic carbocycles. The number of hydrogen-bond acceptors (Lipinski definition) is 5. The van der Waals surface area contributed by atoms with Crippen LogP contribution in [0.5, 0.6) is 5.75 Å². The summed E-state index contributed by atoms with van der Waals surface area (Å²) in [5.41, 5.74) is -0.496. The summed E-state index contributed by atoms with van der Waals surface area (Å²) in [6.07, 6.45) is 0.0636. The molecule has 1 aromatic rings. The molecule has 0 amide bonds. The maximum atomic E-state index is 11.5. The fraction of sp³-hybridized carbons (Fsp3) is 0.538. The third-order valence-corrected chi connectivity index (χ3v) is 2.83. The van der Waals surface area contributed by atoms with Crippen molar-refractivity contribution < 1.29 is 19.1 Å². The van der Waals surface area contributed by atoms with Gasteiger partial charge in [0.2, 0.25) is 11.2 Å². The molecule has 0 saturated carbocycles. The van der Waals surface area contributed by atoms with Crippen LogP contribution < -0.4 is 5.43 Å². The lowest BCUT2D eigenvalue weighted by Crippen LogP contribution is -2.16. The Labute approximate surface area is 105 Å². The zero-order valence-corrected chi connectivity index (χ0v) is 11.0. The molecule has 1 aromatic heterocycles. The molecule has 100 valence electrons. The monoisotopic (exact) mass is 254 g/mol. The average molecular weight is 254 g/mol. The molecule has 1 rings (SSSR count). The number of rotatable bonds is 4. The largest absolute Gasteiger partial charge is 0.502 e. The van der Waals surface area contributed by atoms with Crippen LogP contribution in [0.25, 0.3) is 0 Å². The van der Waals surface area contributed by atoms with Gasteiger partial charge in [0.15, 0.2) is 5.76 Å². The number of methoxy groups -OCH3 is 1. The second kappa shape index (κ2) is 5.71. The van der Waals surface area contributed by atoms with Gasteiger partial charge in [0.25, 0.3) is 0 Å². The molecule has 18 heavy (non-hydrogen) atoms. The van der Waals surface area contributed by atoms with Crippen molar-refractivity contribution in [2.45, 2.75) is 33.1 Å². The smallest absolute Gasteiger partial charge is 0.306 e. The molecular weight excluding hydrogens is 236 g/mol. The van der Waals surface area contributed by atoms with E-state index in [1.807, 2.05) is 13.8 Å². The molecule has 1 unspecified atom stereocenters. The Kier molecular flexibility index (Phi) is 4.53. The van der Waals surface area contributed by atoms with Crippen LogP contribution in [0.1, 0.15) is 37.7 Å². The van der Waals surface area contributed by atoms with Crippen molar-refractivity contribution in [3.8, 4) is 5.75 Å². The van der Waals surface area contributed by atoms with E-state index in [2.05, 4.69) is 4.74 Å². The van der Waals surface area contributed by atoms with Gasteiger partial charge < -0.3 is 14.3 Å². The van der Waals surface area contributed by atoms with E-state index in [0.29, 0.717) is 5.76 Å². The molecule has 0 fully saturated rings. The predicted octanol–water partition coefficient (Wildman–Crippen LogP) is 1.96. The molecule has 1 heterocycles. The van der Waals surface area contributed by atoms with E-state index in [1.165, 1.54) is 13.2 Å². The molecule has 5 heteroatoms. The highest BCUT2D eigenvalue weighted by atomic mass is 16.5. The van der Waals surface area contributed by atoms with Crippen molar-refractivity contribution in [2.75, 3.05) is 7.11 Å². The van der Waals surface area contributed by atoms with Crippen LogP contribution in [-0.4, -0.2) is 18.2 Å². The van der Waals surface area contributed by atoms with Gasteiger partial charge >= 0.3 is 5.97 Å². The standard InChI is InChI=1S/C13H18O5/c1-7(2)9(6-11(15)17-4)13-12(16)10(14)5-8(3)18-13/h5,7,9,16H,6H2,1-4H3. The van der Waals surface area contributed by atoms with Gasteiger partial charge in [0, 0.05) is 12.0 Å². The van der Waals surface area contributed by atoms with E-state index in [0.717, 1.165) is 0 Å². The second-order valence-corrected chi connectivity index (χ2v) is 4.56. The van der Waals surface area contributed by atoms with E-state index >= 15 is 0 Å². The van der Waals surface area contributed by atoms with Crippen molar-refractivity contribution in [3.05, 3.63) is 27.8 Å². The van der Waals surface area contributed by atoms with Gasteiger partial charge in [-0.3, -0.25) is 9.59 Å². The number of aryl methyl sites for hydroxylation is 1. The van der Waals surface area contributed by atoms with Crippen LogP contribution in [0.4, 0.5) is 0 Å². The molecule has 0 aromatic carbocycles. The van der Waals surface area contributed by atoms with Crippen LogP contribution >= 0.6 is 0 Å². The molecule has 0 bridgehead atoms. The maximum Gasteiger partial charge on any atom is 0.306 e. The lowest BCUT2D eigenvalue weighted by atomic mass is 9.89. The van der Waals surface area contributed by atoms with Gasteiger partial charge in [0.1, 0.15) is 5.76 Å². The topological polar surface area (TPSA) is 76.7 Å². The molecular formula is C13H18O5. The summed E-state index contributed by atoms with van der Waals surface area (Å²) in [6.45, 7) is 5.39. The minimum absolute atomic E-state index is 0.0277. The number of carbonyl (C=O) groups is 1. The second-order valence-electron chi connectivity index (χ2n) is 4.56. The van der Waals surface area contributed by atoms with E-state index in [9.17, 15) is 14.7 Å². The van der Waals surface area contributed by atoms with Crippen molar-refractivity contribution in [1.29, 1.82) is 0 Å². The molecule has 0 saturated heterocycles. The van der Waals surface area contributed by atoms with Gasteiger partial charge in [-0.1, -0.05) is 13.8 Å². The zero-order valence-electron chi connectivity index (χ0n) is 11.0. The molecule has 1 N–H and O–H groups in total. The molecule has 0 aliphatic heterocycles. The zero-order chi connectivity index (χ0) is 13.9. The summed E-state index contributed by atoms with van der Waals surface area (Å²) >= 11 is 0. The summed E-state index contributed by atoms with van der Waals surface area (Å²) in [6, 6.07) is 1.22. The SMILES string of the molecule is COC(=O)CC(c1oc(C)cc(=O)c1O)C(C)C. The molecule has 0 spiro atoms. The van der Waals surface area contributed by atoms with Crippen LogP contribution in [0.3, 0.4) is 0 Å². The van der Waals surface area contributed by atoms with Gasteiger partial charge in [0.05, 0.1) is 13.5 Å². The number of hydrogen-bond donors (Lipinski definition) is 1. The highest BCUT2D eigenvalue weighted by Crippen LogP contribution is 2.32. The normalized spacial score (nSPS) is 12.5. The fourth-order valence-corrected chi connectivity index (χ4v) is 1.77. The summed E-state index contributed by atoms with van der Waals surface area (Å²) in [4.78, 5) is 22.9. The van der Waals surface area contributed by atoms with E-state index in [4.69, 9.17) is 4.42 Å². The summed E-state index contributed by atoms with van der Waals surface area (Å²) in [5.74, 6) is -0.630. The van der Waals surface area contributed by atoms with Crippen molar-refractivity contribution in [2.24, 2.45) is 5.92 Å². The first kappa shape index (κ1) is 14.3. The molecule has 0 radical (unpaired) electrons. The predicted molar refractivity (Wildman–Crippen MR) is 65.6 cm³/mol. The Morgan fingerprint density at radius 2 is 2.11 bits per heavy atom. The van der Waals surface area contributed by atoms with Gasteiger partial charge in [-0.15, -0.1) is 0 Å². The quantitative estimate of drug-likeness (QED) is 0.831. The van der Waals surface area contributed by atoms with Crippen LogP contribution in [-0.2, 0) is 9.53 Å². The third-order valence-electron chi connectivity index (χ3n) is 2.83. The molecule has 0 aliphatic rings. The van der Waals surface area contributed by atoms with Crippen molar-refractivity contribution in [1.82, 2.24) is 0 Å². The lowest BCUT2D eigenvalue weighted by Gasteiger charge is -2.19. The summed E-state index contributed by atoms with van der Waals surface area (Å²) in [5, 5.41) is 9.77. The molecule has 1 atom stereocenters. The highest BCUT2D eigenvalue weighted by molar-refractivity contribution is 5.70. The Morgan fingerprint density at radius 3 is 2.61 bits per heavy atom. The van der Waals surface area contributed by atoms with Crippen LogP contribution in [0.15, 0.2) is 15.3 Å². The minimum atomic E-state index is -0.496. The first-order valence-electron chi connectivity index (χ1n) is 5.77. The summed E-state index contributed by atoms with van der Waals surface area (Å²) < 4.78 is 10.0. The Bertz CT molecular complexity index is 487. The third kappa shape index (κ3) is 3.12. The van der Waals surface area contributed by atoms with Crippen molar-refractivity contribution >= 4 is 5.97 Å².